The molecule has 0 saturated carbocycles. The molecule has 0 bridgehead atoms. The van der Waals surface area contributed by atoms with Gasteiger partial charge in [-0.25, -0.2) is 8.42 Å². The molecule has 0 amide bonds. The fourth-order valence-corrected chi connectivity index (χ4v) is 3.38. The van der Waals surface area contributed by atoms with Crippen LogP contribution in [0.2, 0.25) is 0 Å². The van der Waals surface area contributed by atoms with Crippen molar-refractivity contribution in [3.8, 4) is 0 Å². The molecule has 0 saturated heterocycles. The lowest BCUT2D eigenvalue weighted by Gasteiger charge is -2.09. The molecule has 2 aromatic rings. The van der Waals surface area contributed by atoms with Gasteiger partial charge < -0.3 is 10.3 Å². The first-order valence-corrected chi connectivity index (χ1v) is 8.31. The van der Waals surface area contributed by atoms with Crippen molar-refractivity contribution in [1.29, 1.82) is 0 Å². The highest BCUT2D eigenvalue weighted by Crippen LogP contribution is 2.28. The molecule has 108 valence electrons. The number of aromatic nitrogens is 1. The van der Waals surface area contributed by atoms with Crippen molar-refractivity contribution in [2.75, 3.05) is 11.8 Å². The number of hydrogen-bond acceptors (Lipinski definition) is 3. The summed E-state index contributed by atoms with van der Waals surface area (Å²) in [7, 11) is -1.79. The third kappa shape index (κ3) is 3.23. The average Bonchev–Trinajstić information content (AvgIpc) is 2.85. The molecule has 0 aliphatic rings. The van der Waals surface area contributed by atoms with Crippen molar-refractivity contribution in [2.45, 2.75) is 18.4 Å². The third-order valence-corrected chi connectivity index (χ3v) is 5.23. The highest BCUT2D eigenvalue weighted by Gasteiger charge is 2.17. The van der Waals surface area contributed by atoms with Crippen LogP contribution in [0, 0.1) is 6.92 Å². The molecule has 0 spiro atoms. The fourth-order valence-electron chi connectivity index (χ4n) is 1.80. The molecular weight excluding hydrogens is 342 g/mol. The maximum atomic E-state index is 12.3. The number of nitrogens with one attached hydrogen (secondary N) is 3. The van der Waals surface area contributed by atoms with Crippen LogP contribution in [0.15, 0.2) is 39.8 Å². The standard InChI is InChI=1S/C13H16BrN3O2S/c1-9-4-3-5-12(13(9)14)17-20(18,19)11-6-10(7-15-2)16-8-11/h3-6,8,15-17H,7H2,1-2H3. The molecule has 0 radical (unpaired) electrons. The quantitative estimate of drug-likeness (QED) is 0.769. The van der Waals surface area contributed by atoms with Crippen molar-refractivity contribution < 1.29 is 8.42 Å². The number of aromatic amines is 1. The van der Waals surface area contributed by atoms with Crippen LogP contribution in [-0.4, -0.2) is 20.4 Å². The molecule has 1 aromatic carbocycles. The molecule has 0 aliphatic carbocycles. The lowest BCUT2D eigenvalue weighted by molar-refractivity contribution is 0.601. The number of hydrogen-bond donors (Lipinski definition) is 3. The molecule has 1 aromatic heterocycles. The number of benzene rings is 1. The third-order valence-electron chi connectivity index (χ3n) is 2.83. The summed E-state index contributed by atoms with van der Waals surface area (Å²) in [5, 5.41) is 2.96. The minimum atomic E-state index is -3.59. The second kappa shape index (κ2) is 5.99. The molecule has 20 heavy (non-hydrogen) atoms. The van der Waals surface area contributed by atoms with E-state index >= 15 is 0 Å². The van der Waals surface area contributed by atoms with Crippen LogP contribution in [0.4, 0.5) is 5.69 Å². The average molecular weight is 358 g/mol. The predicted octanol–water partition coefficient (Wildman–Crippen LogP) is 2.61. The van der Waals surface area contributed by atoms with Crippen LogP contribution in [-0.2, 0) is 16.6 Å². The predicted molar refractivity (Wildman–Crippen MR) is 83.2 cm³/mol. The molecule has 0 unspecified atom stereocenters. The van der Waals surface area contributed by atoms with E-state index in [1.54, 1.807) is 19.2 Å². The van der Waals surface area contributed by atoms with Gasteiger partial charge in [-0.3, -0.25) is 4.72 Å². The van der Waals surface area contributed by atoms with Crippen LogP contribution in [0.1, 0.15) is 11.3 Å². The second-order valence-corrected chi connectivity index (χ2v) is 6.91. The van der Waals surface area contributed by atoms with E-state index in [1.165, 1.54) is 6.20 Å². The van der Waals surface area contributed by atoms with Crippen molar-refractivity contribution in [1.82, 2.24) is 10.3 Å². The Balaban J connectivity index is 2.28. The Hall–Kier alpha value is -1.31. The SMILES string of the molecule is CNCc1cc(S(=O)(=O)Nc2cccc(C)c2Br)c[nH]1. The zero-order chi connectivity index (χ0) is 14.8. The minimum Gasteiger partial charge on any atom is -0.363 e. The Morgan fingerprint density at radius 1 is 1.35 bits per heavy atom. The smallest absolute Gasteiger partial charge is 0.263 e. The van der Waals surface area contributed by atoms with Crippen LogP contribution in [0.3, 0.4) is 0 Å². The highest BCUT2D eigenvalue weighted by atomic mass is 79.9. The van der Waals surface area contributed by atoms with Crippen molar-refractivity contribution in [3.05, 3.63) is 46.2 Å². The van der Waals surface area contributed by atoms with Crippen molar-refractivity contribution in [2.24, 2.45) is 0 Å². The van der Waals surface area contributed by atoms with E-state index in [9.17, 15) is 8.42 Å². The van der Waals surface area contributed by atoms with E-state index in [-0.39, 0.29) is 4.90 Å². The summed E-state index contributed by atoms with van der Waals surface area (Å²) in [5.74, 6) is 0. The first-order valence-electron chi connectivity index (χ1n) is 6.04. The van der Waals surface area contributed by atoms with Gasteiger partial charge in [0.1, 0.15) is 4.90 Å². The zero-order valence-electron chi connectivity index (χ0n) is 11.2. The number of anilines is 1. The highest BCUT2D eigenvalue weighted by molar-refractivity contribution is 9.10. The van der Waals surface area contributed by atoms with Gasteiger partial charge in [-0.05, 0) is 47.6 Å². The molecule has 0 fully saturated rings. The Morgan fingerprint density at radius 2 is 2.10 bits per heavy atom. The lowest BCUT2D eigenvalue weighted by Crippen LogP contribution is -2.13. The van der Waals surface area contributed by atoms with Crippen LogP contribution >= 0.6 is 15.9 Å². The van der Waals surface area contributed by atoms with E-state index in [4.69, 9.17) is 0 Å². The van der Waals surface area contributed by atoms with Gasteiger partial charge in [0, 0.05) is 22.9 Å². The zero-order valence-corrected chi connectivity index (χ0v) is 13.6. The molecule has 3 N–H and O–H groups in total. The maximum absolute atomic E-state index is 12.3. The summed E-state index contributed by atoms with van der Waals surface area (Å²) in [5.41, 5.74) is 2.31. The number of halogens is 1. The van der Waals surface area contributed by atoms with Gasteiger partial charge in [0.2, 0.25) is 0 Å². The molecule has 7 heteroatoms. The summed E-state index contributed by atoms with van der Waals surface area (Å²) >= 11 is 3.39. The van der Waals surface area contributed by atoms with E-state index in [1.807, 2.05) is 19.1 Å². The summed E-state index contributed by atoms with van der Waals surface area (Å²) in [6, 6.07) is 7.04. The maximum Gasteiger partial charge on any atom is 0.263 e. The normalized spacial score (nSPS) is 11.6. The topological polar surface area (TPSA) is 74.0 Å². The molecule has 5 nitrogen and oxygen atoms in total. The van der Waals surface area contributed by atoms with E-state index < -0.39 is 10.0 Å². The lowest BCUT2D eigenvalue weighted by atomic mass is 10.2. The Labute approximate surface area is 127 Å². The monoisotopic (exact) mass is 357 g/mol. The number of rotatable bonds is 5. The largest absolute Gasteiger partial charge is 0.363 e. The molecule has 2 rings (SSSR count). The first kappa shape index (κ1) is 15.1. The van der Waals surface area contributed by atoms with Gasteiger partial charge in [0.15, 0.2) is 0 Å². The first-order chi connectivity index (χ1) is 9.44. The van der Waals surface area contributed by atoms with Gasteiger partial charge >= 0.3 is 0 Å². The summed E-state index contributed by atoms with van der Waals surface area (Å²) in [4.78, 5) is 3.15. The number of aryl methyl sites for hydroxylation is 1. The van der Waals surface area contributed by atoms with E-state index in [0.29, 0.717) is 12.2 Å². The molecule has 1 heterocycles. The van der Waals surface area contributed by atoms with Gasteiger partial charge in [0.25, 0.3) is 10.0 Å². The Bertz CT molecular complexity index is 710. The number of sulfonamides is 1. The van der Waals surface area contributed by atoms with Crippen molar-refractivity contribution in [3.63, 3.8) is 0 Å². The van der Waals surface area contributed by atoms with E-state index in [2.05, 4.69) is 31.0 Å². The Kier molecular flexibility index (Phi) is 4.52. The second-order valence-electron chi connectivity index (χ2n) is 4.43. The minimum absolute atomic E-state index is 0.219. The van der Waals surface area contributed by atoms with Gasteiger partial charge in [-0.1, -0.05) is 12.1 Å². The Morgan fingerprint density at radius 3 is 2.80 bits per heavy atom. The molecular formula is C13H16BrN3O2S. The number of H-pyrrole nitrogens is 1. The fraction of sp³-hybridized carbons (Fsp3) is 0.231. The van der Waals surface area contributed by atoms with Crippen LogP contribution in [0.5, 0.6) is 0 Å². The van der Waals surface area contributed by atoms with Crippen LogP contribution in [0.25, 0.3) is 0 Å². The van der Waals surface area contributed by atoms with E-state index in [0.717, 1.165) is 15.7 Å². The molecule has 0 atom stereocenters. The van der Waals surface area contributed by atoms with Gasteiger partial charge in [-0.15, -0.1) is 0 Å². The van der Waals surface area contributed by atoms with Gasteiger partial charge in [0.05, 0.1) is 5.69 Å². The summed E-state index contributed by atoms with van der Waals surface area (Å²) in [6.45, 7) is 2.49. The van der Waals surface area contributed by atoms with Gasteiger partial charge in [-0.2, -0.15) is 0 Å². The summed E-state index contributed by atoms with van der Waals surface area (Å²) in [6.07, 6.45) is 1.48. The van der Waals surface area contributed by atoms with Crippen molar-refractivity contribution >= 4 is 31.6 Å². The van der Waals surface area contributed by atoms with Crippen LogP contribution < -0.4 is 10.0 Å². The summed E-state index contributed by atoms with van der Waals surface area (Å²) < 4.78 is 27.9. The molecule has 0 aliphatic heterocycles.